The second kappa shape index (κ2) is 4.49. The van der Waals surface area contributed by atoms with E-state index >= 15 is 0 Å². The molecular weight excluding hydrogens is 207 g/mol. The first-order valence-corrected chi connectivity index (χ1v) is 5.13. The summed E-state index contributed by atoms with van der Waals surface area (Å²) in [6.07, 6.45) is 1.17. The Morgan fingerprint density at radius 3 is 2.81 bits per heavy atom. The molecule has 1 aromatic heterocycles. The number of aryl methyl sites for hydroxylation is 1. The van der Waals surface area contributed by atoms with Gasteiger partial charge in [0.1, 0.15) is 17.7 Å². The van der Waals surface area contributed by atoms with Crippen molar-refractivity contribution >= 4 is 0 Å². The molecule has 3 heteroatoms. The van der Waals surface area contributed by atoms with E-state index in [1.165, 1.54) is 12.1 Å². The summed E-state index contributed by atoms with van der Waals surface area (Å²) >= 11 is 0. The van der Waals surface area contributed by atoms with Gasteiger partial charge in [0.25, 0.3) is 0 Å². The van der Waals surface area contributed by atoms with E-state index in [0.29, 0.717) is 12.2 Å². The molecule has 1 N–H and O–H groups in total. The maximum absolute atomic E-state index is 12.9. The van der Waals surface area contributed by atoms with E-state index in [1.54, 1.807) is 24.5 Å². The number of aliphatic hydroxyl groups excluding tert-OH is 1. The second-order valence-corrected chi connectivity index (χ2v) is 3.82. The third kappa shape index (κ3) is 2.31. The molecule has 0 saturated heterocycles. The fourth-order valence-corrected chi connectivity index (χ4v) is 1.71. The lowest BCUT2D eigenvalue weighted by Gasteiger charge is -2.09. The van der Waals surface area contributed by atoms with Gasteiger partial charge in [0, 0.05) is 6.42 Å². The van der Waals surface area contributed by atoms with E-state index in [9.17, 15) is 9.50 Å². The predicted octanol–water partition coefficient (Wildman–Crippen LogP) is 3.00. The van der Waals surface area contributed by atoms with Crippen LogP contribution in [0.5, 0.6) is 0 Å². The third-order valence-corrected chi connectivity index (χ3v) is 2.52. The summed E-state index contributed by atoms with van der Waals surface area (Å²) in [5.41, 5.74) is 1.66. The van der Waals surface area contributed by atoms with Crippen molar-refractivity contribution in [3.8, 4) is 0 Å². The van der Waals surface area contributed by atoms with Gasteiger partial charge in [-0.1, -0.05) is 12.1 Å². The van der Waals surface area contributed by atoms with Gasteiger partial charge in [0.05, 0.1) is 6.26 Å². The highest BCUT2D eigenvalue weighted by Crippen LogP contribution is 2.22. The molecule has 2 aromatic rings. The van der Waals surface area contributed by atoms with Crippen molar-refractivity contribution in [3.63, 3.8) is 0 Å². The summed E-state index contributed by atoms with van der Waals surface area (Å²) in [6.45, 7) is 1.87. The number of benzene rings is 1. The van der Waals surface area contributed by atoms with E-state index < -0.39 is 6.10 Å². The van der Waals surface area contributed by atoms with Crippen LogP contribution in [-0.4, -0.2) is 5.11 Å². The summed E-state index contributed by atoms with van der Waals surface area (Å²) in [5, 5.41) is 9.92. The van der Waals surface area contributed by atoms with Gasteiger partial charge in [-0.15, -0.1) is 0 Å². The minimum Gasteiger partial charge on any atom is -0.466 e. The van der Waals surface area contributed by atoms with E-state index in [1.807, 2.05) is 6.92 Å². The molecule has 0 bridgehead atoms. The highest BCUT2D eigenvalue weighted by atomic mass is 19.1. The number of rotatable bonds is 3. The smallest absolute Gasteiger partial charge is 0.135 e. The van der Waals surface area contributed by atoms with Crippen molar-refractivity contribution in [2.24, 2.45) is 0 Å². The van der Waals surface area contributed by atoms with Gasteiger partial charge in [-0.2, -0.15) is 0 Å². The van der Waals surface area contributed by atoms with Crippen LogP contribution in [0.25, 0.3) is 0 Å². The maximum atomic E-state index is 12.9. The van der Waals surface area contributed by atoms with Crippen molar-refractivity contribution < 1.29 is 13.9 Å². The average Bonchev–Trinajstić information content (AvgIpc) is 2.64. The zero-order chi connectivity index (χ0) is 11.5. The Hall–Kier alpha value is -1.61. The van der Waals surface area contributed by atoms with Crippen LogP contribution in [0.15, 0.2) is 41.0 Å². The highest BCUT2D eigenvalue weighted by Gasteiger charge is 2.14. The SMILES string of the molecule is Cc1ccoc1C(O)Cc1cccc(F)c1. The number of aliphatic hydroxyl groups is 1. The van der Waals surface area contributed by atoms with Crippen LogP contribution in [0.1, 0.15) is 23.0 Å². The highest BCUT2D eigenvalue weighted by molar-refractivity contribution is 5.22. The van der Waals surface area contributed by atoms with Crippen molar-refractivity contribution in [3.05, 3.63) is 59.3 Å². The van der Waals surface area contributed by atoms with E-state index in [2.05, 4.69) is 0 Å². The lowest BCUT2D eigenvalue weighted by molar-refractivity contribution is 0.149. The molecule has 0 spiro atoms. The maximum Gasteiger partial charge on any atom is 0.135 e. The fourth-order valence-electron chi connectivity index (χ4n) is 1.71. The van der Waals surface area contributed by atoms with Gasteiger partial charge in [0.2, 0.25) is 0 Å². The molecule has 16 heavy (non-hydrogen) atoms. The largest absolute Gasteiger partial charge is 0.466 e. The van der Waals surface area contributed by atoms with Crippen LogP contribution in [-0.2, 0) is 6.42 Å². The van der Waals surface area contributed by atoms with Crippen LogP contribution in [0.3, 0.4) is 0 Å². The summed E-state index contributed by atoms with van der Waals surface area (Å²) in [7, 11) is 0. The second-order valence-electron chi connectivity index (χ2n) is 3.82. The Labute approximate surface area is 93.3 Å². The number of halogens is 1. The lowest BCUT2D eigenvalue weighted by atomic mass is 10.0. The van der Waals surface area contributed by atoms with Gasteiger partial charge in [-0.25, -0.2) is 4.39 Å². The van der Waals surface area contributed by atoms with Crippen LogP contribution in [0.2, 0.25) is 0 Å². The molecular formula is C13H13FO2. The lowest BCUT2D eigenvalue weighted by Crippen LogP contribution is -2.02. The fraction of sp³-hybridized carbons (Fsp3) is 0.231. The van der Waals surface area contributed by atoms with Crippen LogP contribution in [0, 0.1) is 12.7 Å². The quantitative estimate of drug-likeness (QED) is 0.862. The van der Waals surface area contributed by atoms with E-state index in [0.717, 1.165) is 11.1 Å². The molecule has 1 aromatic carbocycles. The molecule has 0 saturated carbocycles. The van der Waals surface area contributed by atoms with Gasteiger partial charge >= 0.3 is 0 Å². The van der Waals surface area contributed by atoms with Gasteiger partial charge < -0.3 is 9.52 Å². The number of furan rings is 1. The monoisotopic (exact) mass is 220 g/mol. The Kier molecular flexibility index (Phi) is 3.06. The van der Waals surface area contributed by atoms with Crippen molar-refractivity contribution in [2.75, 3.05) is 0 Å². The minimum absolute atomic E-state index is 0.291. The van der Waals surface area contributed by atoms with Crippen molar-refractivity contribution in [1.29, 1.82) is 0 Å². The molecule has 0 amide bonds. The molecule has 1 atom stereocenters. The summed E-state index contributed by atoms with van der Waals surface area (Å²) in [4.78, 5) is 0. The van der Waals surface area contributed by atoms with Crippen LogP contribution in [0.4, 0.5) is 4.39 Å². The molecule has 2 rings (SSSR count). The topological polar surface area (TPSA) is 33.4 Å². The molecule has 2 nitrogen and oxygen atoms in total. The van der Waals surface area contributed by atoms with Crippen LogP contribution < -0.4 is 0 Å². The molecule has 0 fully saturated rings. The third-order valence-electron chi connectivity index (χ3n) is 2.52. The molecule has 0 aliphatic heterocycles. The van der Waals surface area contributed by atoms with Gasteiger partial charge in [-0.3, -0.25) is 0 Å². The Balaban J connectivity index is 2.14. The van der Waals surface area contributed by atoms with E-state index in [4.69, 9.17) is 4.42 Å². The van der Waals surface area contributed by atoms with Crippen molar-refractivity contribution in [1.82, 2.24) is 0 Å². The number of hydrogen-bond acceptors (Lipinski definition) is 2. The first-order chi connectivity index (χ1) is 7.66. The summed E-state index contributed by atoms with van der Waals surface area (Å²) in [6, 6.07) is 8.01. The Bertz CT molecular complexity index is 476. The van der Waals surface area contributed by atoms with Crippen LogP contribution >= 0.6 is 0 Å². The molecule has 1 unspecified atom stereocenters. The molecule has 0 aliphatic rings. The summed E-state index contributed by atoms with van der Waals surface area (Å²) in [5.74, 6) is 0.255. The first-order valence-electron chi connectivity index (χ1n) is 5.13. The van der Waals surface area contributed by atoms with E-state index in [-0.39, 0.29) is 5.82 Å². The first kappa shape index (κ1) is 10.9. The zero-order valence-corrected chi connectivity index (χ0v) is 8.98. The predicted molar refractivity (Wildman–Crippen MR) is 58.5 cm³/mol. The Morgan fingerprint density at radius 2 is 2.19 bits per heavy atom. The zero-order valence-electron chi connectivity index (χ0n) is 8.98. The minimum atomic E-state index is -0.725. The molecule has 0 aliphatic carbocycles. The van der Waals surface area contributed by atoms with Crippen molar-refractivity contribution in [2.45, 2.75) is 19.4 Å². The molecule has 0 radical (unpaired) electrons. The average molecular weight is 220 g/mol. The number of hydrogen-bond donors (Lipinski definition) is 1. The Morgan fingerprint density at radius 1 is 1.38 bits per heavy atom. The normalized spacial score (nSPS) is 12.7. The van der Waals surface area contributed by atoms with Gasteiger partial charge in [-0.05, 0) is 36.2 Å². The molecule has 1 heterocycles. The standard InChI is InChI=1S/C13H13FO2/c1-9-5-6-16-13(9)12(15)8-10-3-2-4-11(14)7-10/h2-7,12,15H,8H2,1H3. The van der Waals surface area contributed by atoms with Gasteiger partial charge in [0.15, 0.2) is 0 Å². The summed E-state index contributed by atoms with van der Waals surface area (Å²) < 4.78 is 18.1. The molecule has 84 valence electrons.